The molecule has 0 bridgehead atoms. The number of nitrogens with zero attached hydrogens (tertiary/aromatic N) is 2. The fourth-order valence-electron chi connectivity index (χ4n) is 3.04. The second-order valence-corrected chi connectivity index (χ2v) is 6.42. The summed E-state index contributed by atoms with van der Waals surface area (Å²) in [7, 11) is 0. The van der Waals surface area contributed by atoms with Crippen LogP contribution in [0, 0.1) is 19.8 Å². The average molecular weight is 288 g/mol. The van der Waals surface area contributed by atoms with E-state index in [1.165, 1.54) is 11.1 Å². The quantitative estimate of drug-likeness (QED) is 0.848. The average Bonchev–Trinajstić information content (AvgIpc) is 2.44. The predicted molar refractivity (Wildman–Crippen MR) is 88.8 cm³/mol. The lowest BCUT2D eigenvalue weighted by atomic mass is 9.99. The molecule has 1 heterocycles. The minimum atomic E-state index is 0.267. The van der Waals surface area contributed by atoms with Gasteiger partial charge in [-0.2, -0.15) is 0 Å². The number of aryl methyl sites for hydroxylation is 2. The van der Waals surface area contributed by atoms with Crippen LogP contribution in [0.5, 0.6) is 0 Å². The first-order valence-electron chi connectivity index (χ1n) is 8.10. The van der Waals surface area contributed by atoms with Crippen LogP contribution in [0.1, 0.15) is 37.8 Å². The number of rotatable bonds is 4. The maximum Gasteiger partial charge on any atom is 0.242 e. The lowest BCUT2D eigenvalue weighted by Gasteiger charge is -2.33. The fraction of sp³-hybridized carbons (Fsp3) is 0.611. The van der Waals surface area contributed by atoms with Gasteiger partial charge in [0.25, 0.3) is 0 Å². The van der Waals surface area contributed by atoms with Crippen LogP contribution in [0.3, 0.4) is 0 Å². The van der Waals surface area contributed by atoms with E-state index >= 15 is 0 Å². The normalized spacial score (nSPS) is 16.1. The number of benzene rings is 1. The molecule has 0 unspecified atom stereocenters. The molecule has 0 radical (unpaired) electrons. The number of hydrogen-bond acceptors (Lipinski definition) is 2. The molecule has 1 aliphatic heterocycles. The number of hydrogen-bond donors (Lipinski definition) is 0. The van der Waals surface area contributed by atoms with Gasteiger partial charge in [-0.15, -0.1) is 0 Å². The molecule has 0 spiro atoms. The van der Waals surface area contributed by atoms with Crippen molar-refractivity contribution in [3.05, 3.63) is 29.3 Å². The van der Waals surface area contributed by atoms with E-state index in [0.717, 1.165) is 44.1 Å². The van der Waals surface area contributed by atoms with Crippen molar-refractivity contribution in [2.75, 3.05) is 31.1 Å². The molecule has 3 heteroatoms. The van der Waals surface area contributed by atoms with Crippen LogP contribution in [0.2, 0.25) is 0 Å². The van der Waals surface area contributed by atoms with Crippen molar-refractivity contribution < 1.29 is 4.79 Å². The lowest BCUT2D eigenvalue weighted by Crippen LogP contribution is -2.44. The summed E-state index contributed by atoms with van der Waals surface area (Å²) in [5, 5.41) is 0. The van der Waals surface area contributed by atoms with E-state index in [-0.39, 0.29) is 5.91 Å². The van der Waals surface area contributed by atoms with E-state index in [1.54, 1.807) is 0 Å². The number of piperidine rings is 1. The van der Waals surface area contributed by atoms with Crippen LogP contribution >= 0.6 is 0 Å². The van der Waals surface area contributed by atoms with Crippen molar-refractivity contribution in [3.63, 3.8) is 0 Å². The number of carbonyl (C=O) groups is 1. The Hall–Kier alpha value is -1.51. The summed E-state index contributed by atoms with van der Waals surface area (Å²) in [4.78, 5) is 16.7. The number of anilines is 1. The van der Waals surface area contributed by atoms with E-state index < -0.39 is 0 Å². The molecule has 0 saturated carbocycles. The highest BCUT2D eigenvalue weighted by Crippen LogP contribution is 2.20. The Labute approximate surface area is 128 Å². The molecule has 1 fully saturated rings. The summed E-state index contributed by atoms with van der Waals surface area (Å²) in [5.41, 5.74) is 3.67. The van der Waals surface area contributed by atoms with Crippen molar-refractivity contribution in [2.45, 2.75) is 40.5 Å². The van der Waals surface area contributed by atoms with Crippen molar-refractivity contribution in [1.29, 1.82) is 0 Å². The first-order valence-corrected chi connectivity index (χ1v) is 8.10. The van der Waals surface area contributed by atoms with Gasteiger partial charge in [0.05, 0.1) is 6.54 Å². The standard InChI is InChI=1S/C18H28N2O/c1-5-19(17-11-15(3)10-16(4)12-17)13-18(21)20-8-6-14(2)7-9-20/h10-12,14H,5-9,13H2,1-4H3. The molecular weight excluding hydrogens is 260 g/mol. The van der Waals surface area contributed by atoms with Crippen molar-refractivity contribution in [1.82, 2.24) is 4.90 Å². The highest BCUT2D eigenvalue weighted by Gasteiger charge is 2.21. The Morgan fingerprint density at radius 3 is 2.29 bits per heavy atom. The highest BCUT2D eigenvalue weighted by atomic mass is 16.2. The second kappa shape index (κ2) is 6.97. The first-order chi connectivity index (χ1) is 9.99. The summed E-state index contributed by atoms with van der Waals surface area (Å²) in [6.07, 6.45) is 2.28. The minimum absolute atomic E-state index is 0.267. The summed E-state index contributed by atoms with van der Waals surface area (Å²) < 4.78 is 0. The van der Waals surface area contributed by atoms with Gasteiger partial charge < -0.3 is 9.80 Å². The summed E-state index contributed by atoms with van der Waals surface area (Å²) in [6, 6.07) is 6.51. The fourth-order valence-corrected chi connectivity index (χ4v) is 3.04. The third-order valence-electron chi connectivity index (χ3n) is 4.42. The van der Waals surface area contributed by atoms with E-state index in [9.17, 15) is 4.79 Å². The summed E-state index contributed by atoms with van der Waals surface area (Å²) in [5.74, 6) is 1.03. The second-order valence-electron chi connectivity index (χ2n) is 6.42. The van der Waals surface area contributed by atoms with Gasteiger partial charge in [-0.3, -0.25) is 4.79 Å². The van der Waals surface area contributed by atoms with Gasteiger partial charge in [-0.25, -0.2) is 0 Å². The molecule has 1 aromatic carbocycles. The molecule has 2 rings (SSSR count). The van der Waals surface area contributed by atoms with Crippen LogP contribution in [0.15, 0.2) is 18.2 Å². The van der Waals surface area contributed by atoms with E-state index in [0.29, 0.717) is 6.54 Å². The molecule has 1 aromatic rings. The first kappa shape index (κ1) is 15.9. The van der Waals surface area contributed by atoms with Gasteiger partial charge >= 0.3 is 0 Å². The highest BCUT2D eigenvalue weighted by molar-refractivity contribution is 5.81. The maximum atomic E-state index is 12.5. The van der Waals surface area contributed by atoms with Gasteiger partial charge in [0.1, 0.15) is 0 Å². The summed E-state index contributed by atoms with van der Waals surface area (Å²) >= 11 is 0. The Morgan fingerprint density at radius 1 is 1.19 bits per heavy atom. The molecule has 3 nitrogen and oxygen atoms in total. The maximum absolute atomic E-state index is 12.5. The predicted octanol–water partition coefficient (Wildman–Crippen LogP) is 3.39. The van der Waals surface area contributed by atoms with Crippen molar-refractivity contribution in [2.24, 2.45) is 5.92 Å². The van der Waals surface area contributed by atoms with Crippen LogP contribution in [-0.4, -0.2) is 37.0 Å². The zero-order valence-corrected chi connectivity index (χ0v) is 13.9. The molecule has 1 aliphatic rings. The Balaban J connectivity index is 2.03. The van der Waals surface area contributed by atoms with Crippen LogP contribution < -0.4 is 4.90 Å². The van der Waals surface area contributed by atoms with Crippen LogP contribution in [0.25, 0.3) is 0 Å². The summed E-state index contributed by atoms with van der Waals surface area (Å²) in [6.45, 7) is 11.8. The molecule has 1 amide bonds. The Morgan fingerprint density at radius 2 is 1.76 bits per heavy atom. The number of amides is 1. The monoisotopic (exact) mass is 288 g/mol. The van der Waals surface area contributed by atoms with E-state index in [2.05, 4.69) is 50.8 Å². The van der Waals surface area contributed by atoms with Gasteiger partial charge in [-0.1, -0.05) is 13.0 Å². The van der Waals surface area contributed by atoms with E-state index in [1.807, 2.05) is 4.90 Å². The Bertz CT molecular complexity index is 470. The van der Waals surface area contributed by atoms with Gasteiger partial charge in [0.15, 0.2) is 0 Å². The van der Waals surface area contributed by atoms with Crippen LogP contribution in [0.4, 0.5) is 5.69 Å². The molecular formula is C18H28N2O. The molecule has 0 atom stereocenters. The zero-order chi connectivity index (χ0) is 15.4. The molecule has 116 valence electrons. The van der Waals surface area contributed by atoms with E-state index in [4.69, 9.17) is 0 Å². The van der Waals surface area contributed by atoms with Crippen molar-refractivity contribution in [3.8, 4) is 0 Å². The van der Waals surface area contributed by atoms with Gasteiger partial charge in [0, 0.05) is 25.3 Å². The smallest absolute Gasteiger partial charge is 0.242 e. The molecule has 0 aliphatic carbocycles. The van der Waals surface area contributed by atoms with Crippen LogP contribution in [-0.2, 0) is 4.79 Å². The topological polar surface area (TPSA) is 23.6 Å². The number of likely N-dealkylation sites (tertiary alicyclic amines) is 1. The number of likely N-dealkylation sites (N-methyl/N-ethyl adjacent to an activating group) is 1. The van der Waals surface area contributed by atoms with Gasteiger partial charge in [-0.05, 0) is 62.8 Å². The number of carbonyl (C=O) groups excluding carboxylic acids is 1. The zero-order valence-electron chi connectivity index (χ0n) is 13.9. The molecule has 0 aromatic heterocycles. The molecule has 1 saturated heterocycles. The van der Waals surface area contributed by atoms with Gasteiger partial charge in [0.2, 0.25) is 5.91 Å². The molecule has 0 N–H and O–H groups in total. The largest absolute Gasteiger partial charge is 0.362 e. The Kier molecular flexibility index (Phi) is 5.27. The third kappa shape index (κ3) is 4.23. The third-order valence-corrected chi connectivity index (χ3v) is 4.42. The minimum Gasteiger partial charge on any atom is -0.362 e. The SMILES string of the molecule is CCN(CC(=O)N1CCC(C)CC1)c1cc(C)cc(C)c1. The van der Waals surface area contributed by atoms with Crippen molar-refractivity contribution >= 4 is 11.6 Å². The molecule has 21 heavy (non-hydrogen) atoms. The lowest BCUT2D eigenvalue weighted by molar-refractivity contribution is -0.131.